The van der Waals surface area contributed by atoms with Crippen LogP contribution in [0.5, 0.6) is 0 Å². The molecule has 0 aromatic rings. The van der Waals surface area contributed by atoms with Crippen LogP contribution in [-0.2, 0) is 4.79 Å². The Kier molecular flexibility index (Phi) is 5.13. The highest BCUT2D eigenvalue weighted by atomic mass is 32.2. The first kappa shape index (κ1) is 13.5. The number of carbonyl (C=O) groups excluding carboxylic acids is 1. The van der Waals surface area contributed by atoms with E-state index in [9.17, 15) is 4.79 Å². The zero-order valence-electron chi connectivity index (χ0n) is 9.49. The van der Waals surface area contributed by atoms with Gasteiger partial charge >= 0.3 is 0 Å². The Hall–Kier alpha value is 0.460. The van der Waals surface area contributed by atoms with Gasteiger partial charge in [-0.25, -0.2) is 0 Å². The quantitative estimate of drug-likeness (QED) is 0.722. The molecule has 1 aliphatic rings. The Morgan fingerprint density at radius 2 is 2.27 bits per heavy atom. The van der Waals surface area contributed by atoms with Crippen molar-refractivity contribution in [3.8, 4) is 0 Å². The van der Waals surface area contributed by atoms with Gasteiger partial charge in [0, 0.05) is 16.8 Å². The molecule has 1 heterocycles. The second-order valence-corrected chi connectivity index (χ2v) is 8.49. The topological polar surface area (TPSA) is 17.1 Å². The van der Waals surface area contributed by atoms with Crippen LogP contribution in [-0.4, -0.2) is 26.5 Å². The molecule has 4 heteroatoms. The van der Waals surface area contributed by atoms with Gasteiger partial charge in [0.25, 0.3) is 0 Å². The Balaban J connectivity index is 2.31. The average Bonchev–Trinajstić information content (AvgIpc) is 2.61. The molecule has 2 unspecified atom stereocenters. The van der Waals surface area contributed by atoms with Gasteiger partial charge in [0.15, 0.2) is 0 Å². The molecule has 0 aliphatic carbocycles. The van der Waals surface area contributed by atoms with Gasteiger partial charge in [0.05, 0.1) is 4.58 Å². The molecule has 86 valence electrons. The fourth-order valence-electron chi connectivity index (χ4n) is 1.22. The van der Waals surface area contributed by atoms with Gasteiger partial charge in [-0.2, -0.15) is 0 Å². The monoisotopic (exact) mass is 262 g/mol. The molecule has 0 amide bonds. The number of hydrogen-bond acceptors (Lipinski definition) is 4. The van der Waals surface area contributed by atoms with Crippen LogP contribution in [0.25, 0.3) is 0 Å². The summed E-state index contributed by atoms with van der Waals surface area (Å²) in [5.74, 6) is 2.10. The first-order valence-electron chi connectivity index (χ1n) is 4.99. The fraction of sp³-hybridized carbons (Fsp3) is 0.727. The first-order chi connectivity index (χ1) is 6.93. The summed E-state index contributed by atoms with van der Waals surface area (Å²) < 4.78 is 0.668. The van der Waals surface area contributed by atoms with E-state index in [0.717, 1.165) is 5.75 Å². The standard InChI is InChI=1S/C11H18OS3/c1-5-9(12)13-6-8-7-14-10(15-8)11(2,3)4/h5,8,10H,1,6-7H2,2-4H3. The van der Waals surface area contributed by atoms with E-state index in [0.29, 0.717) is 15.2 Å². The Labute approximate surface area is 105 Å². The molecule has 1 rings (SSSR count). The zero-order chi connectivity index (χ0) is 11.5. The lowest BCUT2D eigenvalue weighted by Gasteiger charge is -2.25. The summed E-state index contributed by atoms with van der Waals surface area (Å²) in [5, 5.41) is 0.716. The molecule has 0 radical (unpaired) electrons. The summed E-state index contributed by atoms with van der Waals surface area (Å²) in [7, 11) is 0. The third-order valence-corrected chi connectivity index (χ3v) is 7.50. The number of carbonyl (C=O) groups is 1. The minimum Gasteiger partial charge on any atom is -0.282 e. The van der Waals surface area contributed by atoms with Gasteiger partial charge in [0.2, 0.25) is 5.12 Å². The Morgan fingerprint density at radius 1 is 1.60 bits per heavy atom. The van der Waals surface area contributed by atoms with Crippen molar-refractivity contribution in [2.45, 2.75) is 30.6 Å². The van der Waals surface area contributed by atoms with Crippen LogP contribution >= 0.6 is 35.3 Å². The summed E-state index contributed by atoms with van der Waals surface area (Å²) in [4.78, 5) is 11.1. The molecule has 0 spiro atoms. The molecule has 1 saturated heterocycles. The highest BCUT2D eigenvalue weighted by molar-refractivity contribution is 8.21. The van der Waals surface area contributed by atoms with Crippen molar-refractivity contribution in [1.29, 1.82) is 0 Å². The third kappa shape index (κ3) is 4.45. The van der Waals surface area contributed by atoms with E-state index in [1.165, 1.54) is 23.6 Å². The first-order valence-corrected chi connectivity index (χ1v) is 7.97. The van der Waals surface area contributed by atoms with E-state index in [-0.39, 0.29) is 5.12 Å². The summed E-state index contributed by atoms with van der Waals surface area (Å²) in [6, 6.07) is 0. The van der Waals surface area contributed by atoms with Crippen molar-refractivity contribution >= 4 is 40.4 Å². The van der Waals surface area contributed by atoms with Crippen LogP contribution in [0.4, 0.5) is 0 Å². The molecule has 0 N–H and O–H groups in total. The van der Waals surface area contributed by atoms with Crippen LogP contribution in [0.2, 0.25) is 0 Å². The molecule has 0 aromatic carbocycles. The minimum absolute atomic E-state index is 0.0970. The van der Waals surface area contributed by atoms with E-state index in [1.54, 1.807) is 0 Å². The van der Waals surface area contributed by atoms with E-state index in [1.807, 2.05) is 23.5 Å². The van der Waals surface area contributed by atoms with Gasteiger partial charge in [-0.3, -0.25) is 4.79 Å². The molecule has 1 aliphatic heterocycles. The highest BCUT2D eigenvalue weighted by Crippen LogP contribution is 2.47. The smallest absolute Gasteiger partial charge is 0.211 e. The van der Waals surface area contributed by atoms with Crippen LogP contribution in [0, 0.1) is 5.41 Å². The van der Waals surface area contributed by atoms with E-state index >= 15 is 0 Å². The lowest BCUT2D eigenvalue weighted by atomic mass is 10.0. The molecule has 15 heavy (non-hydrogen) atoms. The van der Waals surface area contributed by atoms with Gasteiger partial charge in [-0.1, -0.05) is 39.1 Å². The molecule has 2 atom stereocenters. The maximum Gasteiger partial charge on any atom is 0.211 e. The van der Waals surface area contributed by atoms with E-state index in [2.05, 4.69) is 27.4 Å². The van der Waals surface area contributed by atoms with Crippen molar-refractivity contribution in [2.75, 3.05) is 11.5 Å². The molecule has 0 aromatic heterocycles. The highest BCUT2D eigenvalue weighted by Gasteiger charge is 2.34. The molecular weight excluding hydrogens is 244 g/mol. The van der Waals surface area contributed by atoms with Crippen molar-refractivity contribution < 1.29 is 4.79 Å². The summed E-state index contributed by atoms with van der Waals surface area (Å²) >= 11 is 5.45. The zero-order valence-corrected chi connectivity index (χ0v) is 11.9. The average molecular weight is 262 g/mol. The van der Waals surface area contributed by atoms with Gasteiger partial charge in [0.1, 0.15) is 0 Å². The number of hydrogen-bond donors (Lipinski definition) is 0. The predicted molar refractivity (Wildman–Crippen MR) is 74.7 cm³/mol. The van der Waals surface area contributed by atoms with Crippen molar-refractivity contribution in [3.05, 3.63) is 12.7 Å². The van der Waals surface area contributed by atoms with Gasteiger partial charge in [-0.05, 0) is 11.5 Å². The second kappa shape index (κ2) is 5.69. The summed E-state index contributed by atoms with van der Waals surface area (Å²) in [6.45, 7) is 10.3. The molecular formula is C11H18OS3. The van der Waals surface area contributed by atoms with Crippen molar-refractivity contribution in [3.63, 3.8) is 0 Å². The maximum absolute atomic E-state index is 11.1. The fourth-order valence-corrected chi connectivity index (χ4v) is 5.81. The number of rotatable bonds is 3. The maximum atomic E-state index is 11.1. The third-order valence-electron chi connectivity index (χ3n) is 2.03. The second-order valence-electron chi connectivity index (χ2n) is 4.62. The normalized spacial score (nSPS) is 26.6. The van der Waals surface area contributed by atoms with Crippen LogP contribution in [0.1, 0.15) is 20.8 Å². The lowest BCUT2D eigenvalue weighted by Crippen LogP contribution is -2.18. The summed E-state index contributed by atoms with van der Waals surface area (Å²) in [6.07, 6.45) is 1.40. The lowest BCUT2D eigenvalue weighted by molar-refractivity contribution is -0.107. The molecule has 0 bridgehead atoms. The van der Waals surface area contributed by atoms with E-state index in [4.69, 9.17) is 0 Å². The van der Waals surface area contributed by atoms with Crippen LogP contribution in [0.3, 0.4) is 0 Å². The molecule has 1 nitrogen and oxygen atoms in total. The summed E-state index contributed by atoms with van der Waals surface area (Å²) in [5.41, 5.74) is 0.358. The van der Waals surface area contributed by atoms with Crippen LogP contribution in [0.15, 0.2) is 12.7 Å². The number of thioether (sulfide) groups is 3. The Morgan fingerprint density at radius 3 is 2.73 bits per heavy atom. The Bertz CT molecular complexity index is 245. The SMILES string of the molecule is C=CC(=O)SCC1CSC(C(C)(C)C)S1. The van der Waals surface area contributed by atoms with Gasteiger partial charge in [-0.15, -0.1) is 23.5 Å². The predicted octanol–water partition coefficient (Wildman–Crippen LogP) is 3.65. The van der Waals surface area contributed by atoms with Crippen molar-refractivity contribution in [1.82, 2.24) is 0 Å². The largest absolute Gasteiger partial charge is 0.282 e. The minimum atomic E-state index is 0.0970. The molecule has 0 saturated carbocycles. The van der Waals surface area contributed by atoms with E-state index < -0.39 is 0 Å². The van der Waals surface area contributed by atoms with Crippen LogP contribution < -0.4 is 0 Å². The van der Waals surface area contributed by atoms with Gasteiger partial charge < -0.3 is 0 Å². The molecule has 1 fully saturated rings. The van der Waals surface area contributed by atoms with Crippen molar-refractivity contribution in [2.24, 2.45) is 5.41 Å².